The van der Waals surface area contributed by atoms with Gasteiger partial charge in [0, 0.05) is 0 Å². The molecule has 0 nitrogen and oxygen atoms in total. The summed E-state index contributed by atoms with van der Waals surface area (Å²) in [6.45, 7) is 20.5. The Kier molecular flexibility index (Phi) is 10.5. The van der Waals surface area contributed by atoms with Crippen molar-refractivity contribution in [3.8, 4) is 22.3 Å². The van der Waals surface area contributed by atoms with Gasteiger partial charge in [-0.25, -0.2) is 0 Å². The Morgan fingerprint density at radius 1 is 0.510 bits per heavy atom. The van der Waals surface area contributed by atoms with Crippen LogP contribution in [0.3, 0.4) is 0 Å². The zero-order valence-electron chi connectivity index (χ0n) is 31.3. The molecule has 2 aliphatic rings. The van der Waals surface area contributed by atoms with Gasteiger partial charge in [0.05, 0.1) is 0 Å². The van der Waals surface area contributed by atoms with E-state index in [2.05, 4.69) is 135 Å². The Bertz CT molecular complexity index is 1810. The molecule has 2 atom stereocenters. The summed E-state index contributed by atoms with van der Waals surface area (Å²) >= 11 is -4.96. The Labute approximate surface area is 305 Å². The summed E-state index contributed by atoms with van der Waals surface area (Å²) in [5.74, 6) is 0. The molecule has 0 saturated heterocycles. The second kappa shape index (κ2) is 14.1. The van der Waals surface area contributed by atoms with Gasteiger partial charge in [-0.1, -0.05) is 0 Å². The van der Waals surface area contributed by atoms with Crippen LogP contribution >= 0.6 is 17.0 Å². The first-order valence-electron chi connectivity index (χ1n) is 18.8. The van der Waals surface area contributed by atoms with Crippen LogP contribution in [0.4, 0.5) is 0 Å². The van der Waals surface area contributed by atoms with Gasteiger partial charge in [0.25, 0.3) is 0 Å². The predicted octanol–water partition coefficient (Wildman–Crippen LogP) is 15.3. The van der Waals surface area contributed by atoms with Crippen LogP contribution in [-0.4, -0.2) is 0 Å². The summed E-state index contributed by atoms with van der Waals surface area (Å²) in [6.07, 6.45) is 11.8. The molecule has 0 amide bonds. The molecule has 3 heteroatoms. The van der Waals surface area contributed by atoms with Crippen LogP contribution in [0, 0.1) is 41.5 Å². The number of benzene rings is 4. The Morgan fingerprint density at radius 2 is 0.878 bits per heavy atom. The second-order valence-corrected chi connectivity index (χ2v) is 38.2. The standard InChI is InChI=1S/2C22H25.C2H5.2ClH.Zr/c2*1-5-6-10-18-13-20-15(2)11-12-19(21(20)14-18)22-16(3)8-7-9-17(22)4;1-2;;;/h2*7-9,11-14H,5-6,10H2,1-4H3;1H2,2H3;2*1H;/q;;;;;+2/p-2. The van der Waals surface area contributed by atoms with Crippen molar-refractivity contribution >= 4 is 29.2 Å². The van der Waals surface area contributed by atoms with Gasteiger partial charge in [0.1, 0.15) is 0 Å². The number of hydrogen-bond donors (Lipinski definition) is 0. The van der Waals surface area contributed by atoms with Crippen LogP contribution in [0.25, 0.3) is 34.4 Å². The van der Waals surface area contributed by atoms with Crippen molar-refractivity contribution in [2.24, 2.45) is 0 Å². The molecule has 0 saturated carbocycles. The summed E-state index contributed by atoms with van der Waals surface area (Å²) in [4.78, 5) is 0. The van der Waals surface area contributed by atoms with Crippen LogP contribution in [-0.2, 0) is 16.4 Å². The molecule has 2 aliphatic carbocycles. The maximum absolute atomic E-state index is 8.75. The van der Waals surface area contributed by atoms with Crippen LogP contribution in [0.1, 0.15) is 122 Å². The third-order valence-corrected chi connectivity index (χ3v) is 32.7. The molecule has 0 fully saturated rings. The van der Waals surface area contributed by atoms with E-state index in [1.54, 1.807) is 0 Å². The van der Waals surface area contributed by atoms with Gasteiger partial charge in [0.2, 0.25) is 0 Å². The van der Waals surface area contributed by atoms with Crippen LogP contribution in [0.15, 0.2) is 71.8 Å². The topological polar surface area (TPSA) is 0 Å². The quantitative estimate of drug-likeness (QED) is 0.143. The van der Waals surface area contributed by atoms with Crippen molar-refractivity contribution in [2.75, 3.05) is 0 Å². The number of allylic oxidation sites excluding steroid dienone is 2. The summed E-state index contributed by atoms with van der Waals surface area (Å²) in [5, 5.41) is 0. The molecule has 6 rings (SSSR count). The fraction of sp³-hybridized carbons (Fsp3) is 0.391. The molecule has 4 aromatic carbocycles. The van der Waals surface area contributed by atoms with Crippen LogP contribution in [0.5, 0.6) is 0 Å². The van der Waals surface area contributed by atoms with Crippen LogP contribution < -0.4 is 0 Å². The molecule has 49 heavy (non-hydrogen) atoms. The third-order valence-electron chi connectivity index (χ3n) is 12.0. The van der Waals surface area contributed by atoms with E-state index in [1.807, 2.05) is 0 Å². The van der Waals surface area contributed by atoms with E-state index in [-0.39, 0.29) is 7.25 Å². The first kappa shape index (κ1) is 36.6. The first-order chi connectivity index (χ1) is 23.4. The first-order valence-corrected chi connectivity index (χ1v) is 29.7. The SMILES string of the molecule is CCCCC1=Cc2c(-c3c(C)cccc3C)ccc(C)c2[CH]1[Zr]([Cl])([Cl])([CH2]C)[CH]1C(CCCC)=Cc2c(-c3c(C)cccc3C)ccc(C)c21. The maximum atomic E-state index is 8.75. The van der Waals surface area contributed by atoms with Crippen LogP contribution in [0.2, 0.25) is 4.13 Å². The Balaban J connectivity index is 1.65. The Morgan fingerprint density at radius 3 is 1.20 bits per heavy atom. The zero-order valence-corrected chi connectivity index (χ0v) is 35.3. The van der Waals surface area contributed by atoms with Crippen molar-refractivity contribution in [2.45, 2.75) is 112 Å². The van der Waals surface area contributed by atoms with E-state index in [1.165, 1.54) is 89.0 Å². The molecule has 257 valence electrons. The van der Waals surface area contributed by atoms with Crippen molar-refractivity contribution < 1.29 is 16.4 Å². The second-order valence-electron chi connectivity index (χ2n) is 15.3. The fourth-order valence-electron chi connectivity index (χ4n) is 9.51. The van der Waals surface area contributed by atoms with E-state index in [0.29, 0.717) is 0 Å². The molecule has 2 unspecified atom stereocenters. The normalized spacial score (nSPS) is 17.7. The van der Waals surface area contributed by atoms with E-state index in [0.717, 1.165) is 42.7 Å². The fourth-order valence-corrected chi connectivity index (χ4v) is 27.8. The number of halogens is 2. The van der Waals surface area contributed by atoms with Crippen molar-refractivity contribution in [1.29, 1.82) is 0 Å². The summed E-state index contributed by atoms with van der Waals surface area (Å²) < 4.78 is 0.987. The van der Waals surface area contributed by atoms with Crippen molar-refractivity contribution in [1.82, 2.24) is 0 Å². The summed E-state index contributed by atoms with van der Waals surface area (Å²) in [7, 11) is 17.5. The molecule has 0 spiro atoms. The van der Waals surface area contributed by atoms with Gasteiger partial charge >= 0.3 is 307 Å². The number of aryl methyl sites for hydroxylation is 6. The van der Waals surface area contributed by atoms with Gasteiger partial charge in [-0.05, 0) is 0 Å². The molecule has 0 N–H and O–H groups in total. The summed E-state index contributed by atoms with van der Waals surface area (Å²) in [5.41, 5.74) is 21.8. The molecule has 4 aromatic rings. The Hall–Kier alpha value is -2.18. The van der Waals surface area contributed by atoms with Crippen molar-refractivity contribution in [3.05, 3.63) is 127 Å². The molecule has 0 aromatic heterocycles. The van der Waals surface area contributed by atoms with E-state index >= 15 is 0 Å². The van der Waals surface area contributed by atoms with E-state index in [9.17, 15) is 0 Å². The number of unbranched alkanes of at least 4 members (excludes halogenated alkanes) is 2. The van der Waals surface area contributed by atoms with Gasteiger partial charge < -0.3 is 0 Å². The zero-order chi connectivity index (χ0) is 35.3. The van der Waals surface area contributed by atoms with Gasteiger partial charge in [-0.3, -0.25) is 0 Å². The molecular formula is C46H55Cl2Zr. The molecular weight excluding hydrogens is 715 g/mol. The molecule has 0 aliphatic heterocycles. The van der Waals surface area contributed by atoms with E-state index in [4.69, 9.17) is 17.0 Å². The monoisotopic (exact) mass is 767 g/mol. The molecule has 0 heterocycles. The van der Waals surface area contributed by atoms with Crippen molar-refractivity contribution in [3.63, 3.8) is 0 Å². The average molecular weight is 770 g/mol. The number of hydrogen-bond acceptors (Lipinski definition) is 0. The minimum atomic E-state index is -4.96. The number of rotatable bonds is 11. The summed E-state index contributed by atoms with van der Waals surface area (Å²) in [6, 6.07) is 22.8. The van der Waals surface area contributed by atoms with Gasteiger partial charge in [-0.2, -0.15) is 0 Å². The minimum absolute atomic E-state index is 0.0739. The molecule has 0 bridgehead atoms. The van der Waals surface area contributed by atoms with Gasteiger partial charge in [0.15, 0.2) is 0 Å². The third kappa shape index (κ3) is 6.13. The van der Waals surface area contributed by atoms with E-state index < -0.39 is 16.4 Å². The molecule has 0 radical (unpaired) electrons. The predicted molar refractivity (Wildman–Crippen MR) is 215 cm³/mol. The average Bonchev–Trinajstić information content (AvgIpc) is 3.67. The number of fused-ring (bicyclic) bond motifs is 2. The van der Waals surface area contributed by atoms with Gasteiger partial charge in [-0.15, -0.1) is 0 Å².